The first-order chi connectivity index (χ1) is 13.8. The van der Waals surface area contributed by atoms with Gasteiger partial charge in [0.25, 0.3) is 0 Å². The number of methoxy groups -OCH3 is 2. The number of anilines is 1. The maximum atomic E-state index is 13.9. The van der Waals surface area contributed by atoms with Gasteiger partial charge in [-0.3, -0.25) is 9.59 Å². The molecule has 1 fully saturated rings. The number of nitrogens with zero attached hydrogens (tertiary/aromatic N) is 1. The highest BCUT2D eigenvalue weighted by Gasteiger charge is 2.44. The monoisotopic (exact) mass is 424 g/mol. The molecule has 1 N–H and O–H groups in total. The molecule has 0 aliphatic carbocycles. The molecule has 2 unspecified atom stereocenters. The SMILES string of the molecule is COc1cc(C2CN(C)C(=O)C2C(=O)Nc2cccc(F)c2F)cc(Cl)c1OC. The summed E-state index contributed by atoms with van der Waals surface area (Å²) in [5.74, 6) is -4.48. The predicted molar refractivity (Wildman–Crippen MR) is 103 cm³/mol. The normalized spacial score (nSPS) is 18.7. The first-order valence-electron chi connectivity index (χ1n) is 8.69. The van der Waals surface area contributed by atoms with Gasteiger partial charge in [0, 0.05) is 19.5 Å². The van der Waals surface area contributed by atoms with E-state index >= 15 is 0 Å². The second kappa shape index (κ2) is 8.24. The zero-order chi connectivity index (χ0) is 21.3. The predicted octanol–water partition coefficient (Wildman–Crippen LogP) is 3.45. The lowest BCUT2D eigenvalue weighted by Gasteiger charge is -2.19. The van der Waals surface area contributed by atoms with E-state index in [9.17, 15) is 18.4 Å². The van der Waals surface area contributed by atoms with Crippen LogP contribution in [-0.4, -0.2) is 44.5 Å². The standard InChI is InChI=1S/C20H19ClF2N2O4/c1-25-9-11(10-7-12(21)18(29-3)15(8-10)28-2)16(20(25)27)19(26)24-14-6-4-5-13(22)17(14)23/h4-8,11,16H,9H2,1-3H3,(H,24,26). The zero-order valence-corrected chi connectivity index (χ0v) is 16.7. The summed E-state index contributed by atoms with van der Waals surface area (Å²) >= 11 is 6.26. The van der Waals surface area contributed by atoms with E-state index in [0.717, 1.165) is 6.07 Å². The summed E-state index contributed by atoms with van der Waals surface area (Å²) in [4.78, 5) is 26.9. The minimum Gasteiger partial charge on any atom is -0.493 e. The quantitative estimate of drug-likeness (QED) is 0.746. The van der Waals surface area contributed by atoms with Gasteiger partial charge in [0.05, 0.1) is 24.9 Å². The molecule has 2 aromatic rings. The van der Waals surface area contributed by atoms with Gasteiger partial charge >= 0.3 is 0 Å². The topological polar surface area (TPSA) is 67.9 Å². The summed E-state index contributed by atoms with van der Waals surface area (Å²) in [7, 11) is 4.45. The van der Waals surface area contributed by atoms with E-state index in [2.05, 4.69) is 5.32 Å². The molecule has 9 heteroatoms. The largest absolute Gasteiger partial charge is 0.493 e. The third-order valence-electron chi connectivity index (χ3n) is 4.89. The van der Waals surface area contributed by atoms with Crippen LogP contribution in [0.5, 0.6) is 11.5 Å². The maximum absolute atomic E-state index is 13.9. The van der Waals surface area contributed by atoms with Crippen molar-refractivity contribution in [1.29, 1.82) is 0 Å². The second-order valence-corrected chi connectivity index (χ2v) is 7.04. The molecule has 1 saturated heterocycles. The Morgan fingerprint density at radius 3 is 2.62 bits per heavy atom. The highest BCUT2D eigenvalue weighted by atomic mass is 35.5. The maximum Gasteiger partial charge on any atom is 0.237 e. The van der Waals surface area contributed by atoms with Crippen LogP contribution in [0.1, 0.15) is 11.5 Å². The van der Waals surface area contributed by atoms with Gasteiger partial charge in [-0.25, -0.2) is 8.78 Å². The van der Waals surface area contributed by atoms with Gasteiger partial charge in [0.1, 0.15) is 5.92 Å². The second-order valence-electron chi connectivity index (χ2n) is 6.63. The number of nitrogens with one attached hydrogen (secondary N) is 1. The number of likely N-dealkylation sites (N-methyl/N-ethyl adjacent to an activating group) is 1. The van der Waals surface area contributed by atoms with Crippen molar-refractivity contribution >= 4 is 29.1 Å². The van der Waals surface area contributed by atoms with Gasteiger partial charge in [-0.2, -0.15) is 0 Å². The number of rotatable bonds is 5. The Balaban J connectivity index is 1.97. The summed E-state index contributed by atoms with van der Waals surface area (Å²) in [5, 5.41) is 2.58. The van der Waals surface area contributed by atoms with Crippen LogP contribution in [0.2, 0.25) is 5.02 Å². The van der Waals surface area contributed by atoms with E-state index in [-0.39, 0.29) is 17.3 Å². The van der Waals surface area contributed by atoms with Crippen LogP contribution < -0.4 is 14.8 Å². The summed E-state index contributed by atoms with van der Waals surface area (Å²) in [6.45, 7) is 0.244. The van der Waals surface area contributed by atoms with Crippen molar-refractivity contribution in [1.82, 2.24) is 4.90 Å². The fraction of sp³-hybridized carbons (Fsp3) is 0.300. The molecule has 154 valence electrons. The molecule has 2 atom stereocenters. The lowest BCUT2D eigenvalue weighted by molar-refractivity contribution is -0.135. The summed E-state index contributed by atoms with van der Waals surface area (Å²) < 4.78 is 37.9. The average Bonchev–Trinajstić information content (AvgIpc) is 2.99. The summed E-state index contributed by atoms with van der Waals surface area (Å²) in [6, 6.07) is 6.67. The minimum absolute atomic E-state index is 0.244. The highest BCUT2D eigenvalue weighted by molar-refractivity contribution is 6.32. The van der Waals surface area contributed by atoms with Crippen molar-refractivity contribution in [2.75, 3.05) is 33.1 Å². The van der Waals surface area contributed by atoms with E-state index < -0.39 is 35.3 Å². The Morgan fingerprint density at radius 1 is 1.24 bits per heavy atom. The van der Waals surface area contributed by atoms with Crippen LogP contribution in [0.3, 0.4) is 0 Å². The van der Waals surface area contributed by atoms with Crippen molar-refractivity contribution in [3.63, 3.8) is 0 Å². The average molecular weight is 425 g/mol. The molecule has 0 aromatic heterocycles. The number of carbonyl (C=O) groups excluding carboxylic acids is 2. The fourth-order valence-corrected chi connectivity index (χ4v) is 3.75. The zero-order valence-electron chi connectivity index (χ0n) is 16.0. The molecule has 6 nitrogen and oxygen atoms in total. The molecule has 1 heterocycles. The van der Waals surface area contributed by atoms with Crippen LogP contribution in [-0.2, 0) is 9.59 Å². The van der Waals surface area contributed by atoms with Crippen molar-refractivity contribution in [3.8, 4) is 11.5 Å². The number of hydrogen-bond acceptors (Lipinski definition) is 4. The van der Waals surface area contributed by atoms with Gasteiger partial charge in [0.2, 0.25) is 11.8 Å². The van der Waals surface area contributed by atoms with Gasteiger partial charge in [0.15, 0.2) is 23.1 Å². The lowest BCUT2D eigenvalue weighted by atomic mass is 9.87. The van der Waals surface area contributed by atoms with E-state index in [4.69, 9.17) is 21.1 Å². The van der Waals surface area contributed by atoms with E-state index in [1.807, 2.05) is 0 Å². The van der Waals surface area contributed by atoms with E-state index in [0.29, 0.717) is 17.1 Å². The summed E-state index contributed by atoms with van der Waals surface area (Å²) in [6.07, 6.45) is 0. The minimum atomic E-state index is -1.19. The Labute approximate surface area is 171 Å². The number of carbonyl (C=O) groups is 2. The Bertz CT molecular complexity index is 970. The fourth-order valence-electron chi connectivity index (χ4n) is 3.46. The Hall–Kier alpha value is -2.87. The number of amides is 2. The van der Waals surface area contributed by atoms with Crippen LogP contribution in [0.15, 0.2) is 30.3 Å². The molecule has 0 spiro atoms. The van der Waals surface area contributed by atoms with Gasteiger partial charge in [-0.1, -0.05) is 17.7 Å². The van der Waals surface area contributed by atoms with Crippen LogP contribution >= 0.6 is 11.6 Å². The van der Waals surface area contributed by atoms with Gasteiger partial charge < -0.3 is 19.7 Å². The molecule has 29 heavy (non-hydrogen) atoms. The highest BCUT2D eigenvalue weighted by Crippen LogP contribution is 2.42. The smallest absolute Gasteiger partial charge is 0.237 e. The lowest BCUT2D eigenvalue weighted by Crippen LogP contribution is -2.33. The third-order valence-corrected chi connectivity index (χ3v) is 5.17. The molecular formula is C20H19ClF2N2O4. The number of benzene rings is 2. The molecule has 1 aliphatic heterocycles. The molecule has 0 bridgehead atoms. The number of ether oxygens (including phenoxy) is 2. The number of likely N-dealkylation sites (tertiary alicyclic amines) is 1. The molecule has 0 saturated carbocycles. The first kappa shape index (κ1) is 20.9. The molecular weight excluding hydrogens is 406 g/mol. The molecule has 1 aliphatic rings. The Kier molecular flexibility index (Phi) is 5.93. The van der Waals surface area contributed by atoms with Crippen molar-refractivity contribution in [2.45, 2.75) is 5.92 Å². The van der Waals surface area contributed by atoms with E-state index in [1.165, 1.54) is 31.3 Å². The van der Waals surface area contributed by atoms with Crippen molar-refractivity contribution in [3.05, 3.63) is 52.6 Å². The van der Waals surface area contributed by atoms with Crippen LogP contribution in [0.4, 0.5) is 14.5 Å². The van der Waals surface area contributed by atoms with Gasteiger partial charge in [-0.15, -0.1) is 0 Å². The first-order valence-corrected chi connectivity index (χ1v) is 9.07. The molecule has 2 amide bonds. The van der Waals surface area contributed by atoms with E-state index in [1.54, 1.807) is 19.2 Å². The molecule has 0 radical (unpaired) electrons. The van der Waals surface area contributed by atoms with Crippen LogP contribution in [0.25, 0.3) is 0 Å². The van der Waals surface area contributed by atoms with Crippen molar-refractivity contribution < 1.29 is 27.8 Å². The summed E-state index contributed by atoms with van der Waals surface area (Å²) in [5.41, 5.74) is 0.256. The third kappa shape index (κ3) is 3.85. The van der Waals surface area contributed by atoms with Crippen molar-refractivity contribution in [2.24, 2.45) is 5.92 Å². The molecule has 2 aromatic carbocycles. The van der Waals surface area contributed by atoms with Crippen LogP contribution in [0, 0.1) is 17.6 Å². The molecule has 3 rings (SSSR count). The van der Waals surface area contributed by atoms with Gasteiger partial charge in [-0.05, 0) is 29.8 Å². The number of hydrogen-bond donors (Lipinski definition) is 1. The number of halogens is 3. The Morgan fingerprint density at radius 2 is 1.97 bits per heavy atom.